The summed E-state index contributed by atoms with van der Waals surface area (Å²) in [5.74, 6) is -0.0189. The van der Waals surface area contributed by atoms with Crippen LogP contribution in [0, 0.1) is 5.82 Å². The van der Waals surface area contributed by atoms with Crippen LogP contribution in [0.25, 0.3) is 11.4 Å². The minimum absolute atomic E-state index is 0.0110. The molecule has 1 atom stereocenters. The summed E-state index contributed by atoms with van der Waals surface area (Å²) in [6, 6.07) is 15.7. The topological polar surface area (TPSA) is 59.2 Å². The van der Waals surface area contributed by atoms with E-state index < -0.39 is 5.82 Å². The molecule has 1 aliphatic rings. The van der Waals surface area contributed by atoms with E-state index in [1.54, 1.807) is 23.1 Å². The van der Waals surface area contributed by atoms with Crippen LogP contribution in [0.15, 0.2) is 59.1 Å². The normalized spacial score (nSPS) is 17.5. The Morgan fingerprint density at radius 2 is 1.83 bits per heavy atom. The standard InChI is InChI=1S/C18H14FN3O2/c19-15-9-5-4-8-14(15)17-20-18(24-21-17)12-10-16(23)22(11-12)13-6-2-1-3-7-13/h1-9,12H,10-11H2/t12-/m1/s1. The van der Waals surface area contributed by atoms with Gasteiger partial charge in [-0.2, -0.15) is 4.98 Å². The monoisotopic (exact) mass is 323 g/mol. The van der Waals surface area contributed by atoms with Crippen LogP contribution in [0.2, 0.25) is 0 Å². The minimum Gasteiger partial charge on any atom is -0.339 e. The number of hydrogen-bond donors (Lipinski definition) is 0. The third-order valence-corrected chi connectivity index (χ3v) is 4.10. The first kappa shape index (κ1) is 14.6. The molecule has 0 unspecified atom stereocenters. The van der Waals surface area contributed by atoms with Gasteiger partial charge >= 0.3 is 0 Å². The Hall–Kier alpha value is -3.02. The Labute approximate surface area is 137 Å². The van der Waals surface area contributed by atoms with Crippen LogP contribution in [0.1, 0.15) is 18.2 Å². The Kier molecular flexibility index (Phi) is 3.57. The number of amides is 1. The van der Waals surface area contributed by atoms with Gasteiger partial charge in [-0.25, -0.2) is 4.39 Å². The number of carbonyl (C=O) groups is 1. The van der Waals surface area contributed by atoms with E-state index in [-0.39, 0.29) is 23.2 Å². The van der Waals surface area contributed by atoms with Gasteiger partial charge in [-0.05, 0) is 24.3 Å². The van der Waals surface area contributed by atoms with Crippen LogP contribution in [-0.2, 0) is 4.79 Å². The number of aromatic nitrogens is 2. The molecule has 2 aromatic carbocycles. The molecule has 1 aromatic heterocycles. The van der Waals surface area contributed by atoms with E-state index in [1.807, 2.05) is 30.3 Å². The van der Waals surface area contributed by atoms with Crippen molar-refractivity contribution in [1.82, 2.24) is 10.1 Å². The molecule has 1 saturated heterocycles. The van der Waals surface area contributed by atoms with Crippen molar-refractivity contribution in [1.29, 1.82) is 0 Å². The van der Waals surface area contributed by atoms with Gasteiger partial charge in [-0.1, -0.05) is 35.5 Å². The second-order valence-corrected chi connectivity index (χ2v) is 5.68. The molecule has 5 nitrogen and oxygen atoms in total. The van der Waals surface area contributed by atoms with Crippen LogP contribution in [0.4, 0.5) is 10.1 Å². The average molecular weight is 323 g/mol. The molecule has 0 saturated carbocycles. The molecule has 1 fully saturated rings. The van der Waals surface area contributed by atoms with Crippen molar-refractivity contribution in [3.05, 3.63) is 66.3 Å². The molecule has 0 radical (unpaired) electrons. The third-order valence-electron chi connectivity index (χ3n) is 4.10. The zero-order valence-corrected chi connectivity index (χ0v) is 12.7. The van der Waals surface area contributed by atoms with Gasteiger partial charge in [0.15, 0.2) is 0 Å². The van der Waals surface area contributed by atoms with Gasteiger partial charge in [-0.3, -0.25) is 4.79 Å². The maximum absolute atomic E-state index is 13.8. The highest BCUT2D eigenvalue weighted by Gasteiger charge is 2.35. The molecule has 24 heavy (non-hydrogen) atoms. The molecular formula is C18H14FN3O2. The molecule has 2 heterocycles. The van der Waals surface area contributed by atoms with Gasteiger partial charge in [0.2, 0.25) is 17.6 Å². The molecule has 0 spiro atoms. The third kappa shape index (κ3) is 2.56. The number of nitrogens with zero attached hydrogens (tertiary/aromatic N) is 3. The van der Waals surface area contributed by atoms with E-state index >= 15 is 0 Å². The van der Waals surface area contributed by atoms with E-state index in [0.717, 1.165) is 5.69 Å². The molecule has 4 rings (SSSR count). The Morgan fingerprint density at radius 3 is 2.62 bits per heavy atom. The smallest absolute Gasteiger partial charge is 0.232 e. The molecule has 3 aromatic rings. The van der Waals surface area contributed by atoms with Crippen molar-refractivity contribution < 1.29 is 13.7 Å². The van der Waals surface area contributed by atoms with Gasteiger partial charge in [0, 0.05) is 18.7 Å². The summed E-state index contributed by atoms with van der Waals surface area (Å²) in [5, 5.41) is 3.86. The Morgan fingerprint density at radius 1 is 1.08 bits per heavy atom. The number of anilines is 1. The summed E-state index contributed by atoms with van der Waals surface area (Å²) in [4.78, 5) is 18.3. The second-order valence-electron chi connectivity index (χ2n) is 5.68. The quantitative estimate of drug-likeness (QED) is 0.741. The Bertz CT molecular complexity index is 879. The van der Waals surface area contributed by atoms with E-state index in [0.29, 0.717) is 18.9 Å². The molecular weight excluding hydrogens is 309 g/mol. The first-order chi connectivity index (χ1) is 11.7. The molecule has 0 N–H and O–H groups in total. The summed E-state index contributed by atoms with van der Waals surface area (Å²) >= 11 is 0. The van der Waals surface area contributed by atoms with Crippen molar-refractivity contribution >= 4 is 11.6 Å². The minimum atomic E-state index is -0.404. The van der Waals surface area contributed by atoms with Crippen molar-refractivity contribution in [2.45, 2.75) is 12.3 Å². The van der Waals surface area contributed by atoms with Gasteiger partial charge in [0.05, 0.1) is 11.5 Å². The van der Waals surface area contributed by atoms with Crippen LogP contribution in [0.3, 0.4) is 0 Å². The summed E-state index contributed by atoms with van der Waals surface area (Å²) in [6.45, 7) is 0.474. The van der Waals surface area contributed by atoms with Crippen molar-refractivity contribution in [3.63, 3.8) is 0 Å². The predicted octanol–water partition coefficient (Wildman–Crippen LogP) is 3.40. The number of carbonyl (C=O) groups excluding carboxylic acids is 1. The lowest BCUT2D eigenvalue weighted by molar-refractivity contribution is -0.117. The van der Waals surface area contributed by atoms with Crippen molar-refractivity contribution in [2.75, 3.05) is 11.4 Å². The van der Waals surface area contributed by atoms with E-state index in [2.05, 4.69) is 10.1 Å². The van der Waals surface area contributed by atoms with Crippen molar-refractivity contribution in [3.8, 4) is 11.4 Å². The number of halogens is 1. The van der Waals surface area contributed by atoms with Crippen LogP contribution in [0.5, 0.6) is 0 Å². The van der Waals surface area contributed by atoms with Gasteiger partial charge in [0.25, 0.3) is 0 Å². The number of benzene rings is 2. The zero-order chi connectivity index (χ0) is 16.5. The average Bonchev–Trinajstić information content (AvgIpc) is 3.23. The first-order valence-electron chi connectivity index (χ1n) is 7.66. The van der Waals surface area contributed by atoms with Crippen LogP contribution >= 0.6 is 0 Å². The fourth-order valence-electron chi connectivity index (χ4n) is 2.88. The molecule has 120 valence electrons. The van der Waals surface area contributed by atoms with Gasteiger partial charge in [-0.15, -0.1) is 0 Å². The maximum Gasteiger partial charge on any atom is 0.232 e. The lowest BCUT2D eigenvalue weighted by atomic mass is 10.1. The zero-order valence-electron chi connectivity index (χ0n) is 12.7. The van der Waals surface area contributed by atoms with Gasteiger partial charge in [0.1, 0.15) is 5.82 Å². The summed E-state index contributed by atoms with van der Waals surface area (Å²) in [5.41, 5.74) is 1.13. The summed E-state index contributed by atoms with van der Waals surface area (Å²) < 4.78 is 19.1. The lowest BCUT2D eigenvalue weighted by Gasteiger charge is -2.15. The SMILES string of the molecule is O=C1C[C@@H](c2nc(-c3ccccc3F)no2)CN1c1ccccc1. The highest BCUT2D eigenvalue weighted by molar-refractivity contribution is 5.96. The fraction of sp³-hybridized carbons (Fsp3) is 0.167. The molecule has 0 aliphatic carbocycles. The van der Waals surface area contributed by atoms with E-state index in [4.69, 9.17) is 4.52 Å². The summed E-state index contributed by atoms with van der Waals surface area (Å²) in [6.07, 6.45) is 0.299. The maximum atomic E-state index is 13.8. The largest absolute Gasteiger partial charge is 0.339 e. The highest BCUT2D eigenvalue weighted by atomic mass is 19.1. The lowest BCUT2D eigenvalue weighted by Crippen LogP contribution is -2.24. The van der Waals surface area contributed by atoms with E-state index in [9.17, 15) is 9.18 Å². The fourth-order valence-corrected chi connectivity index (χ4v) is 2.88. The molecule has 1 amide bonds. The van der Waals surface area contributed by atoms with Crippen LogP contribution in [-0.4, -0.2) is 22.6 Å². The number of rotatable bonds is 3. The molecule has 1 aliphatic heterocycles. The molecule has 6 heteroatoms. The van der Waals surface area contributed by atoms with Crippen molar-refractivity contribution in [2.24, 2.45) is 0 Å². The highest BCUT2D eigenvalue weighted by Crippen LogP contribution is 2.32. The predicted molar refractivity (Wildman–Crippen MR) is 85.8 cm³/mol. The molecule has 0 bridgehead atoms. The van der Waals surface area contributed by atoms with Crippen LogP contribution < -0.4 is 4.90 Å². The van der Waals surface area contributed by atoms with E-state index in [1.165, 1.54) is 6.07 Å². The second kappa shape index (κ2) is 5.88. The first-order valence-corrected chi connectivity index (χ1v) is 7.66. The van der Waals surface area contributed by atoms with Gasteiger partial charge < -0.3 is 9.42 Å². The summed E-state index contributed by atoms with van der Waals surface area (Å²) in [7, 11) is 0. The number of hydrogen-bond acceptors (Lipinski definition) is 4. The Balaban J connectivity index is 1.58. The number of para-hydroxylation sites is 1.